The molecule has 0 unspecified atom stereocenters. The fourth-order valence-electron chi connectivity index (χ4n) is 4.39. The average molecular weight is 365 g/mol. The first-order chi connectivity index (χ1) is 13.1. The molecule has 1 aromatic heterocycles. The number of rotatable bonds is 4. The van der Waals surface area contributed by atoms with E-state index >= 15 is 0 Å². The predicted octanol–water partition coefficient (Wildman–Crippen LogP) is 3.27. The van der Waals surface area contributed by atoms with Crippen LogP contribution in [0, 0.1) is 5.92 Å². The van der Waals surface area contributed by atoms with Gasteiger partial charge in [0.1, 0.15) is 6.54 Å². The number of hydrogen-bond donors (Lipinski definition) is 1. The van der Waals surface area contributed by atoms with Crippen molar-refractivity contribution in [2.75, 3.05) is 0 Å². The van der Waals surface area contributed by atoms with Gasteiger partial charge in [-0.05, 0) is 36.5 Å². The number of carbonyl (C=O) groups excluding carboxylic acids is 2. The summed E-state index contributed by atoms with van der Waals surface area (Å²) in [5, 5.41) is 3.26. The number of nitrogens with zero attached hydrogens (tertiary/aromatic N) is 2. The van der Waals surface area contributed by atoms with Crippen molar-refractivity contribution in [1.82, 2.24) is 14.8 Å². The number of aromatic nitrogens is 1. The van der Waals surface area contributed by atoms with Crippen molar-refractivity contribution in [1.29, 1.82) is 0 Å². The maximum atomic E-state index is 13.3. The van der Waals surface area contributed by atoms with Crippen molar-refractivity contribution in [2.24, 2.45) is 5.92 Å². The van der Waals surface area contributed by atoms with Gasteiger partial charge < -0.3 is 14.8 Å². The summed E-state index contributed by atoms with van der Waals surface area (Å²) in [6, 6.07) is 13.4. The summed E-state index contributed by atoms with van der Waals surface area (Å²) >= 11 is 0. The van der Waals surface area contributed by atoms with E-state index in [0.717, 1.165) is 30.5 Å². The van der Waals surface area contributed by atoms with Crippen molar-refractivity contribution >= 4 is 11.8 Å². The van der Waals surface area contributed by atoms with E-state index in [1.165, 1.54) is 6.42 Å². The summed E-state index contributed by atoms with van der Waals surface area (Å²) < 4.78 is 1.90. The summed E-state index contributed by atoms with van der Waals surface area (Å²) in [7, 11) is 0. The van der Waals surface area contributed by atoms with Gasteiger partial charge in [-0.3, -0.25) is 9.59 Å². The number of nitrogens with one attached hydrogen (secondary N) is 1. The minimum atomic E-state index is -0.574. The highest BCUT2D eigenvalue weighted by molar-refractivity contribution is 5.90. The molecule has 5 heteroatoms. The molecule has 0 saturated heterocycles. The molecular weight excluding hydrogens is 338 g/mol. The van der Waals surface area contributed by atoms with Crippen LogP contribution in [0.2, 0.25) is 0 Å². The molecule has 2 aromatic rings. The number of benzene rings is 1. The molecule has 5 nitrogen and oxygen atoms in total. The first-order valence-corrected chi connectivity index (χ1v) is 9.92. The van der Waals surface area contributed by atoms with Crippen LogP contribution in [0.25, 0.3) is 0 Å². The third-order valence-corrected chi connectivity index (χ3v) is 5.97. The zero-order valence-corrected chi connectivity index (χ0v) is 15.8. The highest BCUT2D eigenvalue weighted by Crippen LogP contribution is 2.30. The molecule has 2 amide bonds. The molecule has 2 aliphatic rings. The van der Waals surface area contributed by atoms with Crippen LogP contribution in [0.15, 0.2) is 48.7 Å². The molecule has 1 aromatic carbocycles. The Hall–Kier alpha value is -2.56. The van der Waals surface area contributed by atoms with Gasteiger partial charge in [-0.1, -0.05) is 50.1 Å². The summed E-state index contributed by atoms with van der Waals surface area (Å²) in [5.74, 6) is 0.411. The molecule has 1 N–H and O–H groups in total. The molecule has 1 aliphatic heterocycles. The van der Waals surface area contributed by atoms with Gasteiger partial charge in [0.25, 0.3) is 0 Å². The lowest BCUT2D eigenvalue weighted by Gasteiger charge is -2.38. The van der Waals surface area contributed by atoms with Gasteiger partial charge in [0.05, 0.1) is 5.69 Å². The molecule has 4 rings (SSSR count). The lowest BCUT2D eigenvalue weighted by atomic mass is 9.85. The smallest absolute Gasteiger partial charge is 0.249 e. The molecule has 1 aliphatic carbocycles. The van der Waals surface area contributed by atoms with Crippen LogP contribution in [-0.2, 0) is 22.7 Å². The van der Waals surface area contributed by atoms with E-state index in [1.54, 1.807) is 4.90 Å². The van der Waals surface area contributed by atoms with E-state index in [2.05, 4.69) is 12.2 Å². The van der Waals surface area contributed by atoms with Crippen molar-refractivity contribution in [3.05, 3.63) is 59.9 Å². The Morgan fingerprint density at radius 3 is 2.67 bits per heavy atom. The Balaban J connectivity index is 1.61. The van der Waals surface area contributed by atoms with Crippen LogP contribution in [0.1, 0.15) is 49.9 Å². The molecule has 3 atom stereocenters. The lowest BCUT2D eigenvalue weighted by Crippen LogP contribution is -2.51. The van der Waals surface area contributed by atoms with Gasteiger partial charge in [0.2, 0.25) is 11.8 Å². The predicted molar refractivity (Wildman–Crippen MR) is 104 cm³/mol. The quantitative estimate of drug-likeness (QED) is 0.904. The van der Waals surface area contributed by atoms with Crippen LogP contribution < -0.4 is 5.32 Å². The molecule has 0 spiro atoms. The average Bonchev–Trinajstić information content (AvgIpc) is 3.12. The molecule has 0 bridgehead atoms. The highest BCUT2D eigenvalue weighted by atomic mass is 16.2. The van der Waals surface area contributed by atoms with Crippen molar-refractivity contribution in [3.8, 4) is 0 Å². The number of fused-ring (bicyclic) bond motifs is 1. The fourth-order valence-corrected chi connectivity index (χ4v) is 4.39. The number of hydrogen-bond acceptors (Lipinski definition) is 2. The topological polar surface area (TPSA) is 54.3 Å². The minimum Gasteiger partial charge on any atom is -0.351 e. The largest absolute Gasteiger partial charge is 0.351 e. The van der Waals surface area contributed by atoms with Crippen LogP contribution >= 0.6 is 0 Å². The molecule has 1 saturated carbocycles. The second kappa shape index (κ2) is 7.59. The summed E-state index contributed by atoms with van der Waals surface area (Å²) in [6.45, 7) is 2.95. The SMILES string of the molecule is C[C@@H]1CCCC[C@H]1NC(=O)[C@H]1c2cccn2CC(=O)N1Cc1ccccc1. The number of amides is 2. The summed E-state index contributed by atoms with van der Waals surface area (Å²) in [4.78, 5) is 27.9. The van der Waals surface area contributed by atoms with Crippen molar-refractivity contribution in [2.45, 2.75) is 57.8 Å². The van der Waals surface area contributed by atoms with E-state index in [9.17, 15) is 9.59 Å². The Bertz CT molecular complexity index is 814. The Kier molecular flexibility index (Phi) is 5.01. The van der Waals surface area contributed by atoms with Gasteiger partial charge in [0, 0.05) is 18.8 Å². The van der Waals surface area contributed by atoms with Crippen LogP contribution in [0.5, 0.6) is 0 Å². The van der Waals surface area contributed by atoms with Crippen LogP contribution in [0.3, 0.4) is 0 Å². The van der Waals surface area contributed by atoms with E-state index in [-0.39, 0.29) is 17.9 Å². The van der Waals surface area contributed by atoms with E-state index in [1.807, 2.05) is 53.2 Å². The maximum Gasteiger partial charge on any atom is 0.249 e. The van der Waals surface area contributed by atoms with E-state index in [4.69, 9.17) is 0 Å². The third-order valence-electron chi connectivity index (χ3n) is 5.97. The molecule has 0 radical (unpaired) electrons. The minimum absolute atomic E-state index is 0.0144. The first-order valence-electron chi connectivity index (χ1n) is 9.92. The maximum absolute atomic E-state index is 13.3. The fraction of sp³-hybridized carbons (Fsp3) is 0.455. The van der Waals surface area contributed by atoms with E-state index < -0.39 is 6.04 Å². The van der Waals surface area contributed by atoms with Gasteiger partial charge >= 0.3 is 0 Å². The highest BCUT2D eigenvalue weighted by Gasteiger charge is 2.38. The normalized spacial score (nSPS) is 25.1. The van der Waals surface area contributed by atoms with Crippen molar-refractivity contribution < 1.29 is 9.59 Å². The molecule has 27 heavy (non-hydrogen) atoms. The third kappa shape index (κ3) is 3.64. The molecular formula is C22H27N3O2. The Morgan fingerprint density at radius 1 is 1.11 bits per heavy atom. The molecule has 1 fully saturated rings. The molecule has 142 valence electrons. The summed E-state index contributed by atoms with van der Waals surface area (Å²) in [5.41, 5.74) is 1.93. The Labute approximate surface area is 160 Å². The van der Waals surface area contributed by atoms with Gasteiger partial charge in [-0.2, -0.15) is 0 Å². The monoisotopic (exact) mass is 365 g/mol. The summed E-state index contributed by atoms with van der Waals surface area (Å²) in [6.07, 6.45) is 6.45. The van der Waals surface area contributed by atoms with Gasteiger partial charge in [0.15, 0.2) is 6.04 Å². The zero-order valence-electron chi connectivity index (χ0n) is 15.8. The second-order valence-electron chi connectivity index (χ2n) is 7.85. The van der Waals surface area contributed by atoms with E-state index in [0.29, 0.717) is 19.0 Å². The van der Waals surface area contributed by atoms with Crippen molar-refractivity contribution in [3.63, 3.8) is 0 Å². The zero-order chi connectivity index (χ0) is 18.8. The Morgan fingerprint density at radius 2 is 1.89 bits per heavy atom. The van der Waals surface area contributed by atoms with Gasteiger partial charge in [-0.15, -0.1) is 0 Å². The lowest BCUT2D eigenvalue weighted by molar-refractivity contribution is -0.145. The molecule has 2 heterocycles. The number of carbonyl (C=O) groups is 2. The first kappa shape index (κ1) is 17.8. The van der Waals surface area contributed by atoms with Crippen LogP contribution in [-0.4, -0.2) is 27.3 Å². The second-order valence-corrected chi connectivity index (χ2v) is 7.85. The van der Waals surface area contributed by atoms with Gasteiger partial charge in [-0.25, -0.2) is 0 Å². The van der Waals surface area contributed by atoms with Crippen LogP contribution in [0.4, 0.5) is 0 Å². The standard InChI is InChI=1S/C22H27N3O2/c1-16-8-5-6-11-18(16)23-22(27)21-19-12-7-13-24(19)15-20(26)25(21)14-17-9-3-2-4-10-17/h2-4,7,9-10,12-13,16,18,21H,5-6,8,11,14-15H2,1H3,(H,23,27)/t16-,18-,21-/m1/s1.